The van der Waals surface area contributed by atoms with Crippen LogP contribution in [-0.4, -0.2) is 15.0 Å². The highest BCUT2D eigenvalue weighted by molar-refractivity contribution is 5.89. The van der Waals surface area contributed by atoms with Gasteiger partial charge in [0, 0.05) is 30.1 Å². The van der Waals surface area contributed by atoms with Crippen LogP contribution in [0.2, 0.25) is 0 Å². The van der Waals surface area contributed by atoms with Gasteiger partial charge >= 0.3 is 0 Å². The zero-order valence-electron chi connectivity index (χ0n) is 14.8. The van der Waals surface area contributed by atoms with E-state index in [9.17, 15) is 15.2 Å². The van der Waals surface area contributed by atoms with Crippen molar-refractivity contribution in [2.45, 2.75) is 6.04 Å². The summed E-state index contributed by atoms with van der Waals surface area (Å²) in [7, 11) is 0. The topological polar surface area (TPSA) is 88.3 Å². The normalized spacial score (nSPS) is 11.9. The number of hydrogen-bond donors (Lipinski definition) is 2. The molecule has 0 aliphatic heterocycles. The minimum atomic E-state index is -0.428. The van der Waals surface area contributed by atoms with Crippen molar-refractivity contribution in [1.82, 2.24) is 4.98 Å². The highest BCUT2D eigenvalue weighted by atomic mass is 16.6. The molecule has 6 nitrogen and oxygen atoms in total. The molecule has 0 saturated heterocycles. The second-order valence-corrected chi connectivity index (χ2v) is 6.39. The predicted octanol–water partition coefficient (Wildman–Crippen LogP) is 5.05. The molecule has 1 heterocycles. The highest BCUT2D eigenvalue weighted by Gasteiger charge is 2.21. The molecule has 0 aliphatic rings. The summed E-state index contributed by atoms with van der Waals surface area (Å²) in [6.45, 7) is 0. The van der Waals surface area contributed by atoms with Crippen molar-refractivity contribution in [3.8, 4) is 5.75 Å². The summed E-state index contributed by atoms with van der Waals surface area (Å²) in [4.78, 5) is 14.7. The quantitative estimate of drug-likeness (QED) is 0.378. The van der Waals surface area contributed by atoms with Gasteiger partial charge in [-0.2, -0.15) is 0 Å². The van der Waals surface area contributed by atoms with E-state index in [1.165, 1.54) is 12.1 Å². The number of nitrogens with zero attached hydrogens (tertiary/aromatic N) is 2. The zero-order valence-corrected chi connectivity index (χ0v) is 14.8. The van der Waals surface area contributed by atoms with Crippen LogP contribution in [0, 0.1) is 10.1 Å². The maximum absolute atomic E-state index is 11.0. The molecule has 1 unspecified atom stereocenters. The number of nitrogens with one attached hydrogen (secondary N) is 1. The zero-order chi connectivity index (χ0) is 19.5. The number of aromatic hydroxyl groups is 1. The Morgan fingerprint density at radius 1 is 0.964 bits per heavy atom. The van der Waals surface area contributed by atoms with Crippen molar-refractivity contribution in [3.05, 3.63) is 106 Å². The van der Waals surface area contributed by atoms with Crippen molar-refractivity contribution in [1.29, 1.82) is 0 Å². The van der Waals surface area contributed by atoms with E-state index >= 15 is 0 Å². The van der Waals surface area contributed by atoms with Gasteiger partial charge in [-0.05, 0) is 46.7 Å². The van der Waals surface area contributed by atoms with Crippen LogP contribution in [-0.2, 0) is 0 Å². The monoisotopic (exact) mass is 371 g/mol. The lowest BCUT2D eigenvalue weighted by molar-refractivity contribution is -0.384. The number of non-ortho nitro benzene ring substituents is 1. The van der Waals surface area contributed by atoms with Gasteiger partial charge in [-0.25, -0.2) is 0 Å². The number of phenolic OH excluding ortho intramolecular Hbond substituents is 1. The number of phenols is 1. The molecule has 1 atom stereocenters. The smallest absolute Gasteiger partial charge is 0.269 e. The van der Waals surface area contributed by atoms with E-state index in [1.54, 1.807) is 30.6 Å². The minimum absolute atomic E-state index is 0.0195. The highest BCUT2D eigenvalue weighted by Crippen LogP contribution is 2.38. The molecule has 3 aromatic carbocycles. The number of pyridine rings is 1. The molecular formula is C22H17N3O3. The number of anilines is 1. The van der Waals surface area contributed by atoms with Crippen LogP contribution in [0.25, 0.3) is 10.8 Å². The molecule has 0 amide bonds. The van der Waals surface area contributed by atoms with Crippen molar-refractivity contribution in [2.24, 2.45) is 0 Å². The van der Waals surface area contributed by atoms with Crippen LogP contribution in [0.4, 0.5) is 11.4 Å². The molecule has 0 spiro atoms. The average molecular weight is 371 g/mol. The molecule has 0 fully saturated rings. The Labute approximate surface area is 161 Å². The van der Waals surface area contributed by atoms with Gasteiger partial charge in [0.25, 0.3) is 5.69 Å². The van der Waals surface area contributed by atoms with E-state index in [2.05, 4.69) is 10.3 Å². The van der Waals surface area contributed by atoms with Gasteiger partial charge < -0.3 is 10.4 Å². The standard InChI is InChI=1S/C22H17N3O3/c26-20-12-9-15-4-1-2-6-19(15)21(20)22(24-17-5-3-13-23-14-17)16-7-10-18(11-8-16)25(27)28/h1-14,22,24,26H. The van der Waals surface area contributed by atoms with E-state index < -0.39 is 11.0 Å². The molecule has 0 radical (unpaired) electrons. The Kier molecular flexibility index (Phi) is 4.60. The summed E-state index contributed by atoms with van der Waals surface area (Å²) < 4.78 is 0. The third-order valence-electron chi connectivity index (χ3n) is 4.65. The van der Waals surface area contributed by atoms with Crippen molar-refractivity contribution < 1.29 is 10.0 Å². The van der Waals surface area contributed by atoms with Crippen LogP contribution in [0.1, 0.15) is 17.2 Å². The van der Waals surface area contributed by atoms with Crippen molar-refractivity contribution in [3.63, 3.8) is 0 Å². The largest absolute Gasteiger partial charge is 0.508 e. The number of nitro groups is 1. The molecule has 4 aromatic rings. The van der Waals surface area contributed by atoms with Gasteiger partial charge in [0.05, 0.1) is 16.7 Å². The summed E-state index contributed by atoms with van der Waals surface area (Å²) in [6.07, 6.45) is 3.38. The Hall–Kier alpha value is -3.93. The lowest BCUT2D eigenvalue weighted by Gasteiger charge is -2.23. The summed E-state index contributed by atoms with van der Waals surface area (Å²) in [5, 5.41) is 27.0. The first kappa shape index (κ1) is 17.5. The van der Waals surface area contributed by atoms with Crippen LogP contribution >= 0.6 is 0 Å². The summed E-state index contributed by atoms with van der Waals surface area (Å²) in [5.41, 5.74) is 2.29. The van der Waals surface area contributed by atoms with E-state index in [-0.39, 0.29) is 11.4 Å². The summed E-state index contributed by atoms with van der Waals surface area (Å²) in [6, 6.07) is 20.9. The molecule has 0 aliphatic carbocycles. The Balaban J connectivity index is 1.88. The van der Waals surface area contributed by atoms with Crippen molar-refractivity contribution >= 4 is 22.1 Å². The maximum atomic E-state index is 11.0. The van der Waals surface area contributed by atoms with Crippen LogP contribution < -0.4 is 5.32 Å². The second kappa shape index (κ2) is 7.36. The fourth-order valence-corrected chi connectivity index (χ4v) is 3.31. The Morgan fingerprint density at radius 3 is 2.46 bits per heavy atom. The summed E-state index contributed by atoms with van der Waals surface area (Å²) >= 11 is 0. The van der Waals surface area contributed by atoms with E-state index in [0.29, 0.717) is 5.56 Å². The molecule has 4 rings (SSSR count). The first-order chi connectivity index (χ1) is 13.6. The molecule has 0 saturated carbocycles. The Morgan fingerprint density at radius 2 is 1.75 bits per heavy atom. The molecular weight excluding hydrogens is 354 g/mol. The lowest BCUT2D eigenvalue weighted by atomic mass is 9.92. The third-order valence-corrected chi connectivity index (χ3v) is 4.65. The maximum Gasteiger partial charge on any atom is 0.269 e. The van der Waals surface area contributed by atoms with Gasteiger partial charge in [-0.3, -0.25) is 15.1 Å². The number of rotatable bonds is 5. The van der Waals surface area contributed by atoms with Gasteiger partial charge in [0.2, 0.25) is 0 Å². The third kappa shape index (κ3) is 3.35. The molecule has 28 heavy (non-hydrogen) atoms. The van der Waals surface area contributed by atoms with Gasteiger partial charge in [-0.15, -0.1) is 0 Å². The van der Waals surface area contributed by atoms with Crippen LogP contribution in [0.5, 0.6) is 5.75 Å². The van der Waals surface area contributed by atoms with Gasteiger partial charge in [-0.1, -0.05) is 30.3 Å². The van der Waals surface area contributed by atoms with Crippen molar-refractivity contribution in [2.75, 3.05) is 5.32 Å². The first-order valence-electron chi connectivity index (χ1n) is 8.75. The number of fused-ring (bicyclic) bond motifs is 1. The number of nitro benzene ring substituents is 1. The molecule has 1 aromatic heterocycles. The Bertz CT molecular complexity index is 1130. The molecule has 6 heteroatoms. The van der Waals surface area contributed by atoms with Crippen LogP contribution in [0.3, 0.4) is 0 Å². The number of aromatic nitrogens is 1. The van der Waals surface area contributed by atoms with E-state index in [4.69, 9.17) is 0 Å². The van der Waals surface area contributed by atoms with E-state index in [0.717, 1.165) is 22.0 Å². The average Bonchev–Trinajstić information content (AvgIpc) is 2.73. The summed E-state index contributed by atoms with van der Waals surface area (Å²) in [5.74, 6) is 0.151. The second-order valence-electron chi connectivity index (χ2n) is 6.39. The van der Waals surface area contributed by atoms with E-state index in [1.807, 2.05) is 42.5 Å². The fraction of sp³-hybridized carbons (Fsp3) is 0.0455. The molecule has 0 bridgehead atoms. The van der Waals surface area contributed by atoms with Gasteiger partial charge in [0.1, 0.15) is 5.75 Å². The lowest BCUT2D eigenvalue weighted by Crippen LogP contribution is -2.13. The SMILES string of the molecule is O=[N+]([O-])c1ccc(C(Nc2cccnc2)c2c(O)ccc3ccccc23)cc1. The van der Waals surface area contributed by atoms with Crippen LogP contribution in [0.15, 0.2) is 85.2 Å². The number of benzene rings is 3. The predicted molar refractivity (Wildman–Crippen MR) is 108 cm³/mol. The molecule has 138 valence electrons. The van der Waals surface area contributed by atoms with Gasteiger partial charge in [0.15, 0.2) is 0 Å². The minimum Gasteiger partial charge on any atom is -0.508 e. The first-order valence-corrected chi connectivity index (χ1v) is 8.75. The molecule has 2 N–H and O–H groups in total. The fourth-order valence-electron chi connectivity index (χ4n) is 3.31. The number of hydrogen-bond acceptors (Lipinski definition) is 5.